The molecule has 3 heteroatoms. The van der Waals surface area contributed by atoms with E-state index >= 15 is 0 Å². The van der Waals surface area contributed by atoms with Crippen molar-refractivity contribution in [3.05, 3.63) is 0 Å². The number of hydrogen-bond acceptors (Lipinski definition) is 2. The summed E-state index contributed by atoms with van der Waals surface area (Å²) in [5, 5.41) is 3.22. The highest BCUT2D eigenvalue weighted by Crippen LogP contribution is 2.43. The van der Waals surface area contributed by atoms with Gasteiger partial charge in [-0.2, -0.15) is 0 Å². The second-order valence-corrected chi connectivity index (χ2v) is 6.05. The monoisotopic (exact) mass is 224 g/mol. The predicted octanol–water partition coefficient (Wildman–Crippen LogP) is 1.95. The number of nitrogens with one attached hydrogen (secondary N) is 1. The van der Waals surface area contributed by atoms with Crippen molar-refractivity contribution in [2.45, 2.75) is 63.8 Å². The molecule has 3 N–H and O–H groups in total. The summed E-state index contributed by atoms with van der Waals surface area (Å²) in [4.78, 5) is 12.0. The number of rotatable bonds is 4. The fraction of sp³-hybridized carbons (Fsp3) is 0.923. The van der Waals surface area contributed by atoms with E-state index in [0.29, 0.717) is 13.0 Å². The van der Waals surface area contributed by atoms with Gasteiger partial charge < -0.3 is 11.1 Å². The Morgan fingerprint density at radius 1 is 1.19 bits per heavy atom. The summed E-state index contributed by atoms with van der Waals surface area (Å²) in [6.07, 6.45) is 8.91. The number of amides is 1. The number of carbonyl (C=O) groups excluding carboxylic acids is 1. The number of hydrogen-bond donors (Lipinski definition) is 2. The lowest BCUT2D eigenvalue weighted by Gasteiger charge is -2.41. The van der Waals surface area contributed by atoms with Crippen LogP contribution in [-0.4, -0.2) is 18.0 Å². The molecule has 92 valence electrons. The highest BCUT2D eigenvalue weighted by atomic mass is 16.1. The van der Waals surface area contributed by atoms with Crippen molar-refractivity contribution >= 4 is 5.91 Å². The van der Waals surface area contributed by atoms with Gasteiger partial charge in [0, 0.05) is 12.0 Å². The van der Waals surface area contributed by atoms with E-state index in [1.165, 1.54) is 19.3 Å². The van der Waals surface area contributed by atoms with Gasteiger partial charge in [-0.25, -0.2) is 0 Å². The summed E-state index contributed by atoms with van der Waals surface area (Å²) in [7, 11) is 0. The summed E-state index contributed by atoms with van der Waals surface area (Å²) in [6, 6.07) is 0. The molecule has 0 radical (unpaired) electrons. The predicted molar refractivity (Wildman–Crippen MR) is 65.0 cm³/mol. The molecule has 0 aromatic heterocycles. The molecule has 0 spiro atoms. The largest absolute Gasteiger partial charge is 0.351 e. The van der Waals surface area contributed by atoms with Crippen LogP contribution in [0, 0.1) is 5.41 Å². The minimum Gasteiger partial charge on any atom is -0.351 e. The molecule has 2 rings (SSSR count). The highest BCUT2D eigenvalue weighted by molar-refractivity contribution is 5.77. The minimum atomic E-state index is 0.0661. The van der Waals surface area contributed by atoms with Gasteiger partial charge in [0.05, 0.1) is 0 Å². The van der Waals surface area contributed by atoms with Crippen LogP contribution >= 0.6 is 0 Å². The average molecular weight is 224 g/mol. The third-order valence-electron chi connectivity index (χ3n) is 4.53. The molecule has 1 amide bonds. The molecule has 2 aliphatic rings. The van der Waals surface area contributed by atoms with Crippen LogP contribution in [0.5, 0.6) is 0 Å². The topological polar surface area (TPSA) is 55.1 Å². The van der Waals surface area contributed by atoms with Crippen LogP contribution in [0.1, 0.15) is 58.3 Å². The highest BCUT2D eigenvalue weighted by Gasteiger charge is 2.39. The Kier molecular flexibility index (Phi) is 3.24. The second kappa shape index (κ2) is 4.36. The van der Waals surface area contributed by atoms with Gasteiger partial charge in [0.2, 0.25) is 5.91 Å². The van der Waals surface area contributed by atoms with Crippen molar-refractivity contribution in [1.29, 1.82) is 0 Å². The maximum absolute atomic E-state index is 12.0. The lowest BCUT2D eigenvalue weighted by molar-refractivity contribution is -0.126. The fourth-order valence-corrected chi connectivity index (χ4v) is 3.13. The summed E-state index contributed by atoms with van der Waals surface area (Å²) < 4.78 is 0. The smallest absolute Gasteiger partial charge is 0.221 e. The van der Waals surface area contributed by atoms with Gasteiger partial charge >= 0.3 is 0 Å². The molecule has 2 aliphatic carbocycles. The van der Waals surface area contributed by atoms with E-state index in [9.17, 15) is 4.79 Å². The van der Waals surface area contributed by atoms with E-state index in [2.05, 4.69) is 12.2 Å². The molecule has 0 unspecified atom stereocenters. The first-order valence-corrected chi connectivity index (χ1v) is 6.59. The molecule has 2 fully saturated rings. The quantitative estimate of drug-likeness (QED) is 0.767. The summed E-state index contributed by atoms with van der Waals surface area (Å²) in [5.74, 6) is 0.217. The van der Waals surface area contributed by atoms with Gasteiger partial charge in [0.25, 0.3) is 0 Å². The molecule has 0 atom stereocenters. The first-order chi connectivity index (χ1) is 7.58. The standard InChI is InChI=1S/C13H24N2O/c1-12(5-2-3-6-12)15-11(16)9-13(10-14)7-4-8-13/h2-10,14H2,1H3,(H,15,16). The third-order valence-corrected chi connectivity index (χ3v) is 4.53. The fourth-order valence-electron chi connectivity index (χ4n) is 3.13. The molecule has 0 aromatic carbocycles. The van der Waals surface area contributed by atoms with Crippen LogP contribution < -0.4 is 11.1 Å². The Morgan fingerprint density at radius 3 is 2.25 bits per heavy atom. The van der Waals surface area contributed by atoms with Gasteiger partial charge in [-0.3, -0.25) is 4.79 Å². The van der Waals surface area contributed by atoms with Crippen LogP contribution in [0.15, 0.2) is 0 Å². The normalized spacial score (nSPS) is 26.1. The lowest BCUT2D eigenvalue weighted by Crippen LogP contribution is -2.48. The van der Waals surface area contributed by atoms with Crippen molar-refractivity contribution in [2.24, 2.45) is 11.1 Å². The lowest BCUT2D eigenvalue weighted by atomic mass is 9.66. The maximum Gasteiger partial charge on any atom is 0.221 e. The Bertz CT molecular complexity index is 254. The van der Waals surface area contributed by atoms with Gasteiger partial charge in [0.15, 0.2) is 0 Å². The van der Waals surface area contributed by atoms with E-state index in [-0.39, 0.29) is 16.9 Å². The van der Waals surface area contributed by atoms with Crippen LogP contribution in [0.4, 0.5) is 0 Å². The van der Waals surface area contributed by atoms with E-state index in [4.69, 9.17) is 5.73 Å². The molecule has 0 heterocycles. The van der Waals surface area contributed by atoms with Crippen molar-refractivity contribution in [2.75, 3.05) is 6.54 Å². The molecule has 0 aromatic rings. The molecule has 0 saturated heterocycles. The third kappa shape index (κ3) is 2.40. The van der Waals surface area contributed by atoms with Crippen LogP contribution in [-0.2, 0) is 4.79 Å². The van der Waals surface area contributed by atoms with Crippen molar-refractivity contribution < 1.29 is 4.79 Å². The molecule has 16 heavy (non-hydrogen) atoms. The van der Waals surface area contributed by atoms with Gasteiger partial charge in [-0.05, 0) is 44.6 Å². The number of carbonyl (C=O) groups is 1. The molecular formula is C13H24N2O. The van der Waals surface area contributed by atoms with E-state index in [0.717, 1.165) is 25.7 Å². The molecular weight excluding hydrogens is 200 g/mol. The zero-order valence-electron chi connectivity index (χ0n) is 10.3. The Hall–Kier alpha value is -0.570. The average Bonchev–Trinajstić information content (AvgIpc) is 2.58. The van der Waals surface area contributed by atoms with Crippen LogP contribution in [0.25, 0.3) is 0 Å². The van der Waals surface area contributed by atoms with Crippen molar-refractivity contribution in [3.63, 3.8) is 0 Å². The molecule has 0 bridgehead atoms. The van der Waals surface area contributed by atoms with E-state index < -0.39 is 0 Å². The van der Waals surface area contributed by atoms with Crippen LogP contribution in [0.3, 0.4) is 0 Å². The van der Waals surface area contributed by atoms with Crippen LogP contribution in [0.2, 0.25) is 0 Å². The Labute approximate surface area is 98.2 Å². The SMILES string of the molecule is CC1(NC(=O)CC2(CN)CCC2)CCCC1. The Balaban J connectivity index is 1.84. The summed E-state index contributed by atoms with van der Waals surface area (Å²) >= 11 is 0. The van der Waals surface area contributed by atoms with Crippen molar-refractivity contribution in [3.8, 4) is 0 Å². The number of nitrogens with two attached hydrogens (primary N) is 1. The van der Waals surface area contributed by atoms with E-state index in [1.54, 1.807) is 0 Å². The van der Waals surface area contributed by atoms with Gasteiger partial charge in [-0.15, -0.1) is 0 Å². The van der Waals surface area contributed by atoms with E-state index in [1.807, 2.05) is 0 Å². The zero-order chi connectivity index (χ0) is 11.6. The second-order valence-electron chi connectivity index (χ2n) is 6.05. The van der Waals surface area contributed by atoms with Gasteiger partial charge in [-0.1, -0.05) is 19.3 Å². The zero-order valence-corrected chi connectivity index (χ0v) is 10.3. The molecule has 2 saturated carbocycles. The Morgan fingerprint density at radius 2 is 1.81 bits per heavy atom. The first kappa shape index (κ1) is 11.9. The summed E-state index contributed by atoms with van der Waals surface area (Å²) in [5.41, 5.74) is 5.98. The van der Waals surface area contributed by atoms with Gasteiger partial charge in [0.1, 0.15) is 0 Å². The maximum atomic E-state index is 12.0. The minimum absolute atomic E-state index is 0.0661. The summed E-state index contributed by atoms with van der Waals surface area (Å²) in [6.45, 7) is 2.84. The first-order valence-electron chi connectivity index (χ1n) is 6.59. The molecule has 3 nitrogen and oxygen atoms in total. The van der Waals surface area contributed by atoms with Crippen molar-refractivity contribution in [1.82, 2.24) is 5.32 Å². The molecule has 0 aliphatic heterocycles.